The molecule has 4 nitrogen and oxygen atoms in total. The molecule has 0 saturated carbocycles. The van der Waals surface area contributed by atoms with Crippen LogP contribution in [-0.2, 0) is 22.6 Å². The van der Waals surface area contributed by atoms with Crippen molar-refractivity contribution in [2.45, 2.75) is 13.0 Å². The van der Waals surface area contributed by atoms with Crippen LogP contribution < -0.4 is 4.74 Å². The van der Waals surface area contributed by atoms with Crippen molar-refractivity contribution < 1.29 is 23.1 Å². The molecule has 1 heterocycles. The predicted molar refractivity (Wildman–Crippen MR) is 90.4 cm³/mol. The number of carbonyl (C=O) groups excluding carboxylic acids is 1. The monoisotopic (exact) mass is 392 g/mol. The third-order valence-electron chi connectivity index (χ3n) is 3.62. The van der Waals surface area contributed by atoms with Gasteiger partial charge in [-0.2, -0.15) is 0 Å². The third-order valence-corrected chi connectivity index (χ3v) is 4.33. The van der Waals surface area contributed by atoms with Crippen molar-refractivity contribution in [1.82, 2.24) is 0 Å². The van der Waals surface area contributed by atoms with Crippen molar-refractivity contribution in [3.63, 3.8) is 0 Å². The van der Waals surface area contributed by atoms with E-state index in [2.05, 4.69) is 20.7 Å². The Morgan fingerprint density at radius 2 is 2.04 bits per heavy atom. The number of halogens is 2. The molecule has 3 rings (SSSR count). The fourth-order valence-electron chi connectivity index (χ4n) is 2.38. The maximum atomic E-state index is 14.4. The van der Waals surface area contributed by atoms with Gasteiger partial charge in [0.1, 0.15) is 18.2 Å². The highest BCUT2D eigenvalue weighted by molar-refractivity contribution is 9.10. The zero-order valence-corrected chi connectivity index (χ0v) is 14.4. The van der Waals surface area contributed by atoms with Crippen molar-refractivity contribution in [3.05, 3.63) is 64.1 Å². The van der Waals surface area contributed by atoms with Crippen LogP contribution in [0.3, 0.4) is 0 Å². The summed E-state index contributed by atoms with van der Waals surface area (Å²) in [5.74, 6) is -0.270. The summed E-state index contributed by atoms with van der Waals surface area (Å²) in [5.41, 5.74) is 1.54. The van der Waals surface area contributed by atoms with Gasteiger partial charge in [-0.3, -0.25) is 4.79 Å². The van der Waals surface area contributed by atoms with Gasteiger partial charge in [0.25, 0.3) is 0 Å². The minimum atomic E-state index is -0.428. The summed E-state index contributed by atoms with van der Waals surface area (Å²) >= 11 is 3.21. The molecule has 0 aliphatic rings. The molecular formula is C18H14BrFO4. The average molecular weight is 393 g/mol. The van der Waals surface area contributed by atoms with E-state index in [0.717, 1.165) is 5.39 Å². The summed E-state index contributed by atoms with van der Waals surface area (Å²) in [4.78, 5) is 11.5. The SMILES string of the molecule is COC(=O)Cc1ccccc1OCc1cc2ccoc2c(Br)c1F. The lowest BCUT2D eigenvalue weighted by Crippen LogP contribution is -2.07. The third kappa shape index (κ3) is 3.28. The Labute approximate surface area is 146 Å². The van der Waals surface area contributed by atoms with E-state index < -0.39 is 5.82 Å². The molecule has 0 aliphatic carbocycles. The maximum Gasteiger partial charge on any atom is 0.310 e. The summed E-state index contributed by atoms with van der Waals surface area (Å²) in [6.45, 7) is 0.0315. The Morgan fingerprint density at radius 3 is 2.83 bits per heavy atom. The highest BCUT2D eigenvalue weighted by Crippen LogP contribution is 2.31. The summed E-state index contributed by atoms with van der Waals surface area (Å²) in [6.07, 6.45) is 1.60. The number of ether oxygens (including phenoxy) is 2. The Morgan fingerprint density at radius 1 is 1.25 bits per heavy atom. The summed E-state index contributed by atoms with van der Waals surface area (Å²) in [5, 5.41) is 0.782. The number of methoxy groups -OCH3 is 1. The van der Waals surface area contributed by atoms with Gasteiger partial charge in [-0.15, -0.1) is 0 Å². The van der Waals surface area contributed by atoms with E-state index in [0.29, 0.717) is 22.5 Å². The second-order valence-electron chi connectivity index (χ2n) is 5.15. The quantitative estimate of drug-likeness (QED) is 0.594. The Balaban J connectivity index is 1.84. The van der Waals surface area contributed by atoms with Crippen molar-refractivity contribution in [3.8, 4) is 5.75 Å². The number of benzene rings is 2. The van der Waals surface area contributed by atoms with E-state index in [1.54, 1.807) is 36.4 Å². The van der Waals surface area contributed by atoms with E-state index in [4.69, 9.17) is 9.15 Å². The molecule has 0 amide bonds. The van der Waals surface area contributed by atoms with Crippen LogP contribution in [0.5, 0.6) is 5.75 Å². The summed E-state index contributed by atoms with van der Waals surface area (Å²) in [6, 6.07) is 10.6. The highest BCUT2D eigenvalue weighted by Gasteiger charge is 2.15. The number of hydrogen-bond acceptors (Lipinski definition) is 4. The van der Waals surface area contributed by atoms with Crippen LogP contribution in [0, 0.1) is 5.82 Å². The van der Waals surface area contributed by atoms with Gasteiger partial charge < -0.3 is 13.9 Å². The summed E-state index contributed by atoms with van der Waals surface area (Å²) in [7, 11) is 1.33. The average Bonchev–Trinajstić information content (AvgIpc) is 3.06. The second-order valence-corrected chi connectivity index (χ2v) is 5.94. The first-order valence-electron chi connectivity index (χ1n) is 7.21. The predicted octanol–water partition coefficient (Wildman–Crippen LogP) is 4.63. The first-order chi connectivity index (χ1) is 11.6. The second kappa shape index (κ2) is 7.05. The van der Waals surface area contributed by atoms with Crippen molar-refractivity contribution in [2.24, 2.45) is 0 Å². The smallest absolute Gasteiger partial charge is 0.310 e. The van der Waals surface area contributed by atoms with Crippen LogP contribution in [0.4, 0.5) is 4.39 Å². The van der Waals surface area contributed by atoms with Crippen molar-refractivity contribution in [1.29, 1.82) is 0 Å². The zero-order valence-electron chi connectivity index (χ0n) is 12.8. The number of para-hydroxylation sites is 1. The van der Waals surface area contributed by atoms with Gasteiger partial charge in [0.05, 0.1) is 24.3 Å². The molecule has 0 saturated heterocycles. The lowest BCUT2D eigenvalue weighted by Gasteiger charge is -2.12. The Kier molecular flexibility index (Phi) is 4.85. The van der Waals surface area contributed by atoms with Crippen molar-refractivity contribution in [2.75, 3.05) is 7.11 Å². The molecule has 2 aromatic carbocycles. The van der Waals surface area contributed by atoms with Gasteiger partial charge in [-0.25, -0.2) is 4.39 Å². The number of esters is 1. The molecule has 0 spiro atoms. The maximum absolute atomic E-state index is 14.4. The molecule has 24 heavy (non-hydrogen) atoms. The van der Waals surface area contributed by atoms with Gasteiger partial charge in [-0.05, 0) is 34.1 Å². The molecule has 1 aromatic heterocycles. The first-order valence-corrected chi connectivity index (χ1v) is 8.01. The molecule has 0 bridgehead atoms. The molecular weight excluding hydrogens is 379 g/mol. The van der Waals surface area contributed by atoms with E-state index in [1.165, 1.54) is 13.4 Å². The topological polar surface area (TPSA) is 48.7 Å². The van der Waals surface area contributed by atoms with Crippen molar-refractivity contribution >= 4 is 32.9 Å². The van der Waals surface area contributed by atoms with Crippen LogP contribution in [0.25, 0.3) is 11.0 Å². The van der Waals surface area contributed by atoms with Crippen LogP contribution in [-0.4, -0.2) is 13.1 Å². The minimum absolute atomic E-state index is 0.0315. The summed E-state index contributed by atoms with van der Waals surface area (Å²) < 4.78 is 30.3. The number of hydrogen-bond donors (Lipinski definition) is 0. The van der Waals surface area contributed by atoms with Gasteiger partial charge in [-0.1, -0.05) is 18.2 Å². The molecule has 0 unspecified atom stereocenters. The number of carbonyl (C=O) groups is 1. The van der Waals surface area contributed by atoms with Crippen LogP contribution in [0.1, 0.15) is 11.1 Å². The van der Waals surface area contributed by atoms with Gasteiger partial charge in [0, 0.05) is 16.5 Å². The first kappa shape index (κ1) is 16.5. The van der Waals surface area contributed by atoms with Crippen LogP contribution in [0.15, 0.2) is 51.6 Å². The largest absolute Gasteiger partial charge is 0.488 e. The van der Waals surface area contributed by atoms with E-state index in [9.17, 15) is 9.18 Å². The number of furan rings is 1. The van der Waals surface area contributed by atoms with Gasteiger partial charge in [0.2, 0.25) is 0 Å². The lowest BCUT2D eigenvalue weighted by atomic mass is 10.1. The highest BCUT2D eigenvalue weighted by atomic mass is 79.9. The molecule has 124 valence electrons. The van der Waals surface area contributed by atoms with Gasteiger partial charge >= 0.3 is 5.97 Å². The molecule has 3 aromatic rings. The van der Waals surface area contributed by atoms with E-state index in [-0.39, 0.29) is 23.5 Å². The molecule has 0 radical (unpaired) electrons. The standard InChI is InChI=1S/C18H14BrFO4/c1-22-15(21)9-11-4-2-3-5-14(11)24-10-13-8-12-6-7-23-18(12)16(19)17(13)20/h2-8H,9-10H2,1H3. The molecule has 0 fully saturated rings. The fraction of sp³-hybridized carbons (Fsp3) is 0.167. The Bertz CT molecular complexity index is 888. The molecule has 6 heteroatoms. The normalized spacial score (nSPS) is 10.8. The zero-order chi connectivity index (χ0) is 17.1. The van der Waals surface area contributed by atoms with E-state index in [1.807, 2.05) is 0 Å². The number of rotatable bonds is 5. The molecule has 0 atom stereocenters. The van der Waals surface area contributed by atoms with Crippen LogP contribution >= 0.6 is 15.9 Å². The molecule has 0 N–H and O–H groups in total. The molecule has 0 aliphatic heterocycles. The van der Waals surface area contributed by atoms with Gasteiger partial charge in [0.15, 0.2) is 5.58 Å². The Hall–Kier alpha value is -2.34. The fourth-order valence-corrected chi connectivity index (χ4v) is 2.96. The van der Waals surface area contributed by atoms with Crippen LogP contribution in [0.2, 0.25) is 0 Å². The lowest BCUT2D eigenvalue weighted by molar-refractivity contribution is -0.139. The van der Waals surface area contributed by atoms with E-state index >= 15 is 0 Å². The number of fused-ring (bicyclic) bond motifs is 1. The minimum Gasteiger partial charge on any atom is -0.488 e.